The number of nitro benzene ring substituents is 2. The summed E-state index contributed by atoms with van der Waals surface area (Å²) >= 11 is 0. The van der Waals surface area contributed by atoms with Crippen molar-refractivity contribution in [2.45, 2.75) is 25.6 Å². The van der Waals surface area contributed by atoms with E-state index >= 15 is 0 Å². The number of carbonyl (C=O) groups excluding carboxylic acids is 3. The number of benzene rings is 3. The zero-order valence-corrected chi connectivity index (χ0v) is 22.7. The molecule has 2 unspecified atom stereocenters. The largest absolute Gasteiger partial charge is 0.481 e. The highest BCUT2D eigenvalue weighted by atomic mass is 16.6. The van der Waals surface area contributed by atoms with Crippen molar-refractivity contribution in [3.63, 3.8) is 0 Å². The number of urea groups is 1. The summed E-state index contributed by atoms with van der Waals surface area (Å²) in [7, 11) is 0. The first-order chi connectivity index (χ1) is 20.4. The lowest BCUT2D eigenvalue weighted by Crippen LogP contribution is -2.55. The van der Waals surface area contributed by atoms with E-state index in [1.54, 1.807) is 18.2 Å². The third-order valence-electron chi connectivity index (χ3n) is 6.68. The highest BCUT2D eigenvalue weighted by Crippen LogP contribution is 2.26. The minimum atomic E-state index is -1.59. The van der Waals surface area contributed by atoms with E-state index in [1.165, 1.54) is 36.4 Å². The minimum Gasteiger partial charge on any atom is -0.481 e. The molecule has 0 saturated carbocycles. The van der Waals surface area contributed by atoms with E-state index in [0.717, 1.165) is 27.5 Å². The fourth-order valence-electron chi connectivity index (χ4n) is 4.70. The smallest absolute Gasteiger partial charge is 0.323 e. The maximum Gasteiger partial charge on any atom is 0.323 e. The number of anilines is 1. The lowest BCUT2D eigenvalue weighted by atomic mass is 10.0. The Hall–Kier alpha value is -5.86. The first kappa shape index (κ1) is 30.1. The molecule has 0 radical (unpaired) electrons. The predicted octanol–water partition coefficient (Wildman–Crippen LogP) is 3.46. The van der Waals surface area contributed by atoms with Crippen molar-refractivity contribution >= 4 is 40.9 Å². The van der Waals surface area contributed by atoms with Crippen LogP contribution in [0, 0.1) is 27.2 Å². The topological polar surface area (TPSA) is 205 Å². The molecular weight excluding hydrogens is 564 g/mol. The number of carboxylic acids is 1. The van der Waals surface area contributed by atoms with Gasteiger partial charge in [-0.25, -0.2) is 4.79 Å². The summed E-state index contributed by atoms with van der Waals surface area (Å²) in [5, 5.41) is 37.3. The number of amides is 4. The Morgan fingerprint density at radius 1 is 0.907 bits per heavy atom. The van der Waals surface area contributed by atoms with Gasteiger partial charge in [0.2, 0.25) is 0 Å². The molecule has 1 saturated heterocycles. The van der Waals surface area contributed by atoms with E-state index in [4.69, 9.17) is 0 Å². The molecule has 0 bridgehead atoms. The number of hydrogen-bond acceptors (Lipinski definition) is 8. The van der Waals surface area contributed by atoms with Crippen molar-refractivity contribution < 1.29 is 34.1 Å². The summed E-state index contributed by atoms with van der Waals surface area (Å²) in [5.41, 5.74) is 0.610. The van der Waals surface area contributed by atoms with Crippen molar-refractivity contribution in [2.24, 2.45) is 0 Å². The fraction of sp³-hybridized carbons (Fsp3) is 0.214. The van der Waals surface area contributed by atoms with Crippen LogP contribution in [0.1, 0.15) is 33.9 Å². The molecule has 43 heavy (non-hydrogen) atoms. The maximum absolute atomic E-state index is 13.8. The van der Waals surface area contributed by atoms with Gasteiger partial charge in [-0.05, 0) is 36.2 Å². The summed E-state index contributed by atoms with van der Waals surface area (Å²) in [6, 6.07) is 14.8. The van der Waals surface area contributed by atoms with Crippen LogP contribution in [0.5, 0.6) is 0 Å². The number of non-ortho nitro benzene ring substituents is 2. The maximum atomic E-state index is 13.8. The van der Waals surface area contributed by atoms with Crippen LogP contribution in [-0.2, 0) is 9.59 Å². The van der Waals surface area contributed by atoms with Gasteiger partial charge in [0.1, 0.15) is 0 Å². The van der Waals surface area contributed by atoms with E-state index in [-0.39, 0.29) is 35.6 Å². The average Bonchev–Trinajstić information content (AvgIpc) is 3.42. The van der Waals surface area contributed by atoms with Gasteiger partial charge < -0.3 is 20.6 Å². The van der Waals surface area contributed by atoms with E-state index in [1.807, 2.05) is 13.0 Å². The Labute approximate surface area is 244 Å². The van der Waals surface area contributed by atoms with Gasteiger partial charge in [-0.15, -0.1) is 0 Å². The SMILES string of the molecule is Cc1cccc(NC(=O)N2CCN(C(=O)c3cccc([N+](=O)[O-])c3)C2C(=O)NC(CC(=O)O)c2cccc([N+](=O)[O-])c2)c1. The van der Waals surface area contributed by atoms with Gasteiger partial charge in [0.05, 0.1) is 22.3 Å². The monoisotopic (exact) mass is 590 g/mol. The Kier molecular flexibility index (Phi) is 8.93. The normalized spacial score (nSPS) is 15.0. The summed E-state index contributed by atoms with van der Waals surface area (Å²) in [6.07, 6.45) is -2.25. The first-order valence-corrected chi connectivity index (χ1v) is 12.9. The number of nitrogens with one attached hydrogen (secondary N) is 2. The van der Waals surface area contributed by atoms with E-state index in [9.17, 15) is 44.5 Å². The molecule has 0 aliphatic carbocycles. The highest BCUT2D eigenvalue weighted by Gasteiger charge is 2.44. The molecule has 4 rings (SSSR count). The number of carboxylic acid groups (broad SMARTS) is 1. The molecule has 1 heterocycles. The van der Waals surface area contributed by atoms with Crippen molar-refractivity contribution in [1.82, 2.24) is 15.1 Å². The highest BCUT2D eigenvalue weighted by molar-refractivity contribution is 6.01. The van der Waals surface area contributed by atoms with Crippen LogP contribution < -0.4 is 10.6 Å². The Morgan fingerprint density at radius 3 is 2.19 bits per heavy atom. The molecule has 15 heteroatoms. The van der Waals surface area contributed by atoms with Crippen LogP contribution in [0.15, 0.2) is 72.8 Å². The molecule has 3 N–H and O–H groups in total. The van der Waals surface area contributed by atoms with E-state index in [2.05, 4.69) is 10.6 Å². The lowest BCUT2D eigenvalue weighted by molar-refractivity contribution is -0.385. The third kappa shape index (κ3) is 7.08. The molecule has 3 aromatic rings. The minimum absolute atomic E-state index is 0.100. The van der Waals surface area contributed by atoms with Gasteiger partial charge >= 0.3 is 12.0 Å². The quantitative estimate of drug-likeness (QED) is 0.246. The molecule has 1 aliphatic rings. The summed E-state index contributed by atoms with van der Waals surface area (Å²) in [5.74, 6) is -3.03. The van der Waals surface area contributed by atoms with Crippen LogP contribution in [0.2, 0.25) is 0 Å². The van der Waals surface area contributed by atoms with Crippen LogP contribution in [0.25, 0.3) is 0 Å². The molecule has 222 valence electrons. The summed E-state index contributed by atoms with van der Waals surface area (Å²) in [4.78, 5) is 75.8. The van der Waals surface area contributed by atoms with Crippen molar-refractivity contribution in [3.05, 3.63) is 110 Å². The van der Waals surface area contributed by atoms with Crippen LogP contribution in [0.4, 0.5) is 21.9 Å². The second kappa shape index (κ2) is 12.8. The second-order valence-corrected chi connectivity index (χ2v) is 9.68. The first-order valence-electron chi connectivity index (χ1n) is 12.9. The molecule has 0 aromatic heterocycles. The van der Waals surface area contributed by atoms with Gasteiger partial charge in [-0.2, -0.15) is 0 Å². The predicted molar refractivity (Wildman–Crippen MR) is 151 cm³/mol. The van der Waals surface area contributed by atoms with Gasteiger partial charge in [-0.3, -0.25) is 39.5 Å². The standard InChI is InChI=1S/C28H26N6O9/c1-17-5-2-8-20(13-17)29-28(39)32-12-11-31(27(38)19-7-4-10-22(15-19)34(42)43)26(32)25(37)30-23(16-24(35)36)18-6-3-9-21(14-18)33(40)41/h2-10,13-15,23,26H,11-12,16H2,1H3,(H,29,39)(H,30,37)(H,35,36). The third-order valence-corrected chi connectivity index (χ3v) is 6.68. The number of aryl methyl sites for hydroxylation is 1. The molecule has 1 aliphatic heterocycles. The Morgan fingerprint density at radius 2 is 1.53 bits per heavy atom. The van der Waals surface area contributed by atoms with E-state index < -0.39 is 52.3 Å². The molecule has 15 nitrogen and oxygen atoms in total. The molecular formula is C28H26N6O9. The van der Waals surface area contributed by atoms with E-state index in [0.29, 0.717) is 5.69 Å². The summed E-state index contributed by atoms with van der Waals surface area (Å²) < 4.78 is 0. The van der Waals surface area contributed by atoms with Crippen molar-refractivity contribution in [3.8, 4) is 0 Å². The van der Waals surface area contributed by atoms with Crippen LogP contribution >= 0.6 is 0 Å². The van der Waals surface area contributed by atoms with Crippen LogP contribution in [-0.4, -0.2) is 67.8 Å². The average molecular weight is 591 g/mol. The Balaban J connectivity index is 1.69. The van der Waals surface area contributed by atoms with Gasteiger partial charge in [0, 0.05) is 48.6 Å². The van der Waals surface area contributed by atoms with Crippen molar-refractivity contribution in [2.75, 3.05) is 18.4 Å². The van der Waals surface area contributed by atoms with Crippen molar-refractivity contribution in [1.29, 1.82) is 0 Å². The number of hydrogen-bond donors (Lipinski definition) is 3. The summed E-state index contributed by atoms with van der Waals surface area (Å²) in [6.45, 7) is 1.59. The van der Waals surface area contributed by atoms with Gasteiger partial charge in [-0.1, -0.05) is 30.3 Å². The second-order valence-electron chi connectivity index (χ2n) is 9.68. The van der Waals surface area contributed by atoms with Gasteiger partial charge in [0.15, 0.2) is 6.17 Å². The molecule has 3 aromatic carbocycles. The molecule has 1 fully saturated rings. The number of aliphatic carboxylic acids is 1. The molecule has 2 atom stereocenters. The van der Waals surface area contributed by atoms with Gasteiger partial charge in [0.25, 0.3) is 23.2 Å². The number of nitrogens with zero attached hydrogens (tertiary/aromatic N) is 4. The van der Waals surface area contributed by atoms with Crippen LogP contribution in [0.3, 0.4) is 0 Å². The molecule has 4 amide bonds. The zero-order valence-electron chi connectivity index (χ0n) is 22.7. The number of rotatable bonds is 9. The molecule has 0 spiro atoms. The Bertz CT molecular complexity index is 1610. The lowest BCUT2D eigenvalue weighted by Gasteiger charge is -2.31. The zero-order chi connectivity index (χ0) is 31.3. The number of carbonyl (C=O) groups is 4. The fourth-order valence-corrected chi connectivity index (χ4v) is 4.70. The number of nitro groups is 2.